The maximum Gasteiger partial charge on any atom is 0.264 e. The van der Waals surface area contributed by atoms with Crippen molar-refractivity contribution in [2.75, 3.05) is 23.1 Å². The van der Waals surface area contributed by atoms with Crippen molar-refractivity contribution in [2.24, 2.45) is 0 Å². The van der Waals surface area contributed by atoms with E-state index in [0.29, 0.717) is 12.2 Å². The van der Waals surface area contributed by atoms with E-state index in [9.17, 15) is 13.2 Å². The topological polar surface area (TPSA) is 66.5 Å². The lowest BCUT2D eigenvalue weighted by atomic mass is 10.2. The molecule has 0 saturated heterocycles. The van der Waals surface area contributed by atoms with Crippen molar-refractivity contribution in [2.45, 2.75) is 24.0 Å². The van der Waals surface area contributed by atoms with Crippen LogP contribution in [0.2, 0.25) is 5.02 Å². The van der Waals surface area contributed by atoms with Crippen LogP contribution in [-0.2, 0) is 20.6 Å². The van der Waals surface area contributed by atoms with E-state index in [4.69, 9.17) is 11.6 Å². The number of hydrogen-bond donors (Lipinski definition) is 1. The molecule has 0 radical (unpaired) electrons. The molecular weight excluding hydrogens is 556 g/mol. The van der Waals surface area contributed by atoms with Gasteiger partial charge in [0.1, 0.15) is 6.54 Å². The Kier molecular flexibility index (Phi) is 9.88. The van der Waals surface area contributed by atoms with Crippen molar-refractivity contribution in [3.05, 3.63) is 93.4 Å². The Balaban J connectivity index is 1.59. The molecule has 1 amide bonds. The van der Waals surface area contributed by atoms with Gasteiger partial charge in [-0.2, -0.15) is 11.8 Å². The highest BCUT2D eigenvalue weighted by molar-refractivity contribution is 9.10. The van der Waals surface area contributed by atoms with E-state index in [1.54, 1.807) is 60.3 Å². The number of carbonyl (C=O) groups is 1. The van der Waals surface area contributed by atoms with E-state index in [0.717, 1.165) is 42.9 Å². The number of sulfonamides is 1. The first-order valence-electron chi connectivity index (χ1n) is 10.7. The van der Waals surface area contributed by atoms with Gasteiger partial charge in [-0.1, -0.05) is 63.4 Å². The van der Waals surface area contributed by atoms with E-state index < -0.39 is 10.0 Å². The Morgan fingerprint density at radius 2 is 1.79 bits per heavy atom. The lowest BCUT2D eigenvalue weighted by molar-refractivity contribution is -0.119. The second-order valence-corrected chi connectivity index (χ2v) is 12.0. The Bertz CT molecular complexity index is 1220. The summed E-state index contributed by atoms with van der Waals surface area (Å²) < 4.78 is 28.6. The lowest BCUT2D eigenvalue weighted by Crippen LogP contribution is -2.41. The fourth-order valence-corrected chi connectivity index (χ4v) is 6.11. The highest BCUT2D eigenvalue weighted by Gasteiger charge is 2.27. The molecule has 0 bridgehead atoms. The van der Waals surface area contributed by atoms with Crippen molar-refractivity contribution < 1.29 is 13.2 Å². The van der Waals surface area contributed by atoms with Gasteiger partial charge in [0.05, 0.1) is 10.6 Å². The number of rotatable bonds is 11. The summed E-state index contributed by atoms with van der Waals surface area (Å²) in [6.45, 7) is 2.06. The lowest BCUT2D eigenvalue weighted by Gasteiger charge is -2.24. The molecule has 0 spiro atoms. The summed E-state index contributed by atoms with van der Waals surface area (Å²) in [5.74, 6) is 1.36. The number of halogens is 2. The van der Waals surface area contributed by atoms with Gasteiger partial charge in [0.25, 0.3) is 10.0 Å². The highest BCUT2D eigenvalue weighted by atomic mass is 79.9. The molecule has 0 fully saturated rings. The zero-order valence-corrected chi connectivity index (χ0v) is 22.7. The van der Waals surface area contributed by atoms with Gasteiger partial charge in [-0.05, 0) is 67.1 Å². The van der Waals surface area contributed by atoms with Crippen LogP contribution in [0.25, 0.3) is 0 Å². The van der Waals surface area contributed by atoms with E-state index in [2.05, 4.69) is 21.2 Å². The number of anilines is 1. The summed E-state index contributed by atoms with van der Waals surface area (Å²) in [4.78, 5) is 12.8. The molecule has 0 unspecified atom stereocenters. The number of nitrogens with zero attached hydrogens (tertiary/aromatic N) is 1. The van der Waals surface area contributed by atoms with Gasteiger partial charge in [0.2, 0.25) is 5.91 Å². The SMILES string of the molecule is Cc1ccc(S(=O)(=O)N(CC(=O)NCCCSCc2cccc(Cl)c2)c2cccc(Br)c2)cc1. The Hall–Kier alpha value is -2.00. The van der Waals surface area contributed by atoms with Crippen molar-refractivity contribution >= 4 is 60.9 Å². The normalized spacial score (nSPS) is 11.3. The molecule has 0 heterocycles. The average molecular weight is 582 g/mol. The fourth-order valence-electron chi connectivity index (χ4n) is 3.19. The standard InChI is InChI=1S/C25H26BrClN2O3S2/c1-19-9-11-24(12-10-19)34(31,32)29(23-8-3-6-21(26)16-23)17-25(30)28-13-4-14-33-18-20-5-2-7-22(27)15-20/h2-3,5-12,15-16H,4,13-14,17-18H2,1H3,(H,28,30). The van der Waals surface area contributed by atoms with Gasteiger partial charge in [-0.25, -0.2) is 8.42 Å². The zero-order valence-electron chi connectivity index (χ0n) is 18.7. The Labute approximate surface area is 219 Å². The molecule has 3 rings (SSSR count). The summed E-state index contributed by atoms with van der Waals surface area (Å²) in [5, 5.41) is 3.57. The molecule has 34 heavy (non-hydrogen) atoms. The van der Waals surface area contributed by atoms with E-state index >= 15 is 0 Å². The molecule has 0 aliphatic rings. The van der Waals surface area contributed by atoms with Crippen molar-refractivity contribution in [3.8, 4) is 0 Å². The Morgan fingerprint density at radius 1 is 1.06 bits per heavy atom. The quantitative estimate of drug-likeness (QED) is 0.280. The van der Waals surface area contributed by atoms with Crippen LogP contribution >= 0.6 is 39.3 Å². The zero-order chi connectivity index (χ0) is 24.6. The molecule has 1 N–H and O–H groups in total. The minimum atomic E-state index is -3.92. The fraction of sp³-hybridized carbons (Fsp3) is 0.240. The van der Waals surface area contributed by atoms with Gasteiger partial charge < -0.3 is 5.32 Å². The van der Waals surface area contributed by atoms with Gasteiger partial charge in [0, 0.05) is 21.8 Å². The van der Waals surface area contributed by atoms with Crippen LogP contribution in [0.1, 0.15) is 17.5 Å². The average Bonchev–Trinajstić information content (AvgIpc) is 2.80. The van der Waals surface area contributed by atoms with Gasteiger partial charge in [-0.15, -0.1) is 0 Å². The number of nitrogens with one attached hydrogen (secondary N) is 1. The van der Waals surface area contributed by atoms with Crippen molar-refractivity contribution in [3.63, 3.8) is 0 Å². The molecule has 0 atom stereocenters. The number of benzene rings is 3. The number of aryl methyl sites for hydroxylation is 1. The van der Waals surface area contributed by atoms with E-state index in [-0.39, 0.29) is 17.3 Å². The molecular formula is C25H26BrClN2O3S2. The molecule has 0 aliphatic heterocycles. The van der Waals surface area contributed by atoms with Crippen LogP contribution in [0.5, 0.6) is 0 Å². The molecule has 180 valence electrons. The highest BCUT2D eigenvalue weighted by Crippen LogP contribution is 2.26. The second kappa shape index (κ2) is 12.6. The third-order valence-electron chi connectivity index (χ3n) is 4.94. The molecule has 9 heteroatoms. The maximum absolute atomic E-state index is 13.4. The van der Waals surface area contributed by atoms with Crippen LogP contribution in [0.15, 0.2) is 82.2 Å². The summed E-state index contributed by atoms with van der Waals surface area (Å²) in [7, 11) is -3.92. The summed E-state index contributed by atoms with van der Waals surface area (Å²) in [6, 6.07) is 21.3. The minimum absolute atomic E-state index is 0.142. The largest absolute Gasteiger partial charge is 0.354 e. The molecule has 0 aromatic heterocycles. The number of carbonyl (C=O) groups excluding carboxylic acids is 1. The van der Waals surface area contributed by atoms with Gasteiger partial charge in [0.15, 0.2) is 0 Å². The van der Waals surface area contributed by atoms with Crippen LogP contribution in [0.4, 0.5) is 5.69 Å². The first-order valence-corrected chi connectivity index (χ1v) is 14.5. The van der Waals surface area contributed by atoms with Crippen molar-refractivity contribution in [1.29, 1.82) is 0 Å². The van der Waals surface area contributed by atoms with Crippen LogP contribution in [0.3, 0.4) is 0 Å². The number of thioether (sulfide) groups is 1. The predicted molar refractivity (Wildman–Crippen MR) is 145 cm³/mol. The van der Waals surface area contributed by atoms with Crippen LogP contribution in [-0.4, -0.2) is 33.2 Å². The molecule has 3 aromatic rings. The molecule has 0 saturated carbocycles. The van der Waals surface area contributed by atoms with Crippen LogP contribution < -0.4 is 9.62 Å². The third kappa shape index (κ3) is 7.77. The molecule has 3 aromatic carbocycles. The Morgan fingerprint density at radius 3 is 2.50 bits per heavy atom. The maximum atomic E-state index is 13.4. The van der Waals surface area contributed by atoms with E-state index in [1.165, 1.54) is 0 Å². The smallest absolute Gasteiger partial charge is 0.264 e. The monoisotopic (exact) mass is 580 g/mol. The number of amides is 1. The van der Waals surface area contributed by atoms with Crippen molar-refractivity contribution in [1.82, 2.24) is 5.32 Å². The first-order chi connectivity index (χ1) is 16.3. The molecule has 0 aliphatic carbocycles. The van der Waals surface area contributed by atoms with Crippen LogP contribution in [0, 0.1) is 6.92 Å². The first kappa shape index (κ1) is 26.6. The predicted octanol–water partition coefficient (Wildman–Crippen LogP) is 6.05. The second-order valence-electron chi connectivity index (χ2n) is 7.69. The minimum Gasteiger partial charge on any atom is -0.354 e. The van der Waals surface area contributed by atoms with Gasteiger partial charge >= 0.3 is 0 Å². The third-order valence-corrected chi connectivity index (χ3v) is 8.57. The van der Waals surface area contributed by atoms with Gasteiger partial charge in [-0.3, -0.25) is 9.10 Å². The summed E-state index contributed by atoms with van der Waals surface area (Å²) in [6.07, 6.45) is 0.776. The van der Waals surface area contributed by atoms with E-state index in [1.807, 2.05) is 31.2 Å². The number of hydrogen-bond acceptors (Lipinski definition) is 4. The summed E-state index contributed by atoms with van der Waals surface area (Å²) in [5.41, 5.74) is 2.54. The summed E-state index contributed by atoms with van der Waals surface area (Å²) >= 11 is 11.2. The molecule has 5 nitrogen and oxygen atoms in total.